The van der Waals surface area contributed by atoms with Gasteiger partial charge in [-0.1, -0.05) is 66.7 Å². The van der Waals surface area contributed by atoms with Crippen LogP contribution >= 0.6 is 15.9 Å². The number of rotatable bonds is 11. The Labute approximate surface area is 246 Å². The summed E-state index contributed by atoms with van der Waals surface area (Å²) in [6, 6.07) is 30.4. The van der Waals surface area contributed by atoms with Gasteiger partial charge in [0, 0.05) is 21.2 Å². The largest absolute Gasteiger partial charge is 0.493 e. The zero-order chi connectivity index (χ0) is 29.0. The fourth-order valence-electron chi connectivity index (χ4n) is 4.01. The van der Waals surface area contributed by atoms with Crippen LogP contribution in [-0.2, 0) is 11.4 Å². The molecule has 0 saturated carbocycles. The number of carbonyl (C=O) groups excluding carboxylic acids is 2. The highest BCUT2D eigenvalue weighted by Crippen LogP contribution is 2.33. The van der Waals surface area contributed by atoms with Crippen molar-refractivity contribution in [2.24, 2.45) is 5.10 Å². The zero-order valence-corrected chi connectivity index (χ0v) is 23.8. The number of ether oxygens (including phenoxy) is 2. The van der Waals surface area contributed by atoms with Crippen LogP contribution in [0.2, 0.25) is 0 Å². The molecule has 4 aromatic rings. The minimum atomic E-state index is -0.548. The SMILES string of the molecule is COc1cc(/C=N\NC(=O)C[C@H](NC(=O)c2ccccc2)c2ccccc2)c(Br)cc1OCc1ccccc1C#N. The molecule has 0 bridgehead atoms. The summed E-state index contributed by atoms with van der Waals surface area (Å²) >= 11 is 3.51. The molecule has 0 aliphatic carbocycles. The maximum Gasteiger partial charge on any atom is 0.251 e. The van der Waals surface area contributed by atoms with E-state index in [-0.39, 0.29) is 24.8 Å². The monoisotopic (exact) mass is 610 g/mol. The van der Waals surface area contributed by atoms with E-state index in [1.807, 2.05) is 48.5 Å². The summed E-state index contributed by atoms with van der Waals surface area (Å²) in [7, 11) is 1.52. The average Bonchev–Trinajstić information content (AvgIpc) is 3.01. The Morgan fingerprint density at radius 2 is 1.66 bits per heavy atom. The van der Waals surface area contributed by atoms with E-state index in [1.54, 1.807) is 48.5 Å². The first-order chi connectivity index (χ1) is 20.0. The number of hydrazone groups is 1. The van der Waals surface area contributed by atoms with Crippen LogP contribution < -0.4 is 20.2 Å². The first-order valence-electron chi connectivity index (χ1n) is 12.7. The molecule has 0 fully saturated rings. The molecular weight excluding hydrogens is 584 g/mol. The minimum absolute atomic E-state index is 0.0125. The molecule has 41 heavy (non-hydrogen) atoms. The van der Waals surface area contributed by atoms with Gasteiger partial charge in [0.25, 0.3) is 5.91 Å². The molecule has 0 unspecified atom stereocenters. The lowest BCUT2D eigenvalue weighted by atomic mass is 10.0. The van der Waals surface area contributed by atoms with E-state index < -0.39 is 6.04 Å². The number of methoxy groups -OCH3 is 1. The van der Waals surface area contributed by atoms with E-state index in [2.05, 4.69) is 37.8 Å². The van der Waals surface area contributed by atoms with E-state index in [0.717, 1.165) is 11.1 Å². The number of carbonyl (C=O) groups is 2. The van der Waals surface area contributed by atoms with Gasteiger partial charge in [0.15, 0.2) is 11.5 Å². The van der Waals surface area contributed by atoms with Crippen molar-refractivity contribution in [3.05, 3.63) is 129 Å². The number of nitrogens with zero attached hydrogens (tertiary/aromatic N) is 2. The van der Waals surface area contributed by atoms with E-state index in [0.29, 0.717) is 32.7 Å². The molecule has 0 heterocycles. The van der Waals surface area contributed by atoms with Gasteiger partial charge in [0.2, 0.25) is 5.91 Å². The number of hydrogen-bond acceptors (Lipinski definition) is 6. The Morgan fingerprint density at radius 1 is 0.976 bits per heavy atom. The second kappa shape index (κ2) is 14.4. The van der Waals surface area contributed by atoms with Crippen LogP contribution in [0.5, 0.6) is 11.5 Å². The molecule has 0 aliphatic rings. The van der Waals surface area contributed by atoms with Crippen LogP contribution in [-0.4, -0.2) is 25.1 Å². The Morgan fingerprint density at radius 3 is 2.37 bits per heavy atom. The fraction of sp³-hybridized carbons (Fsp3) is 0.125. The first kappa shape index (κ1) is 29.1. The molecule has 0 aliphatic heterocycles. The second-order valence-corrected chi connectivity index (χ2v) is 9.74. The molecular formula is C32H27BrN4O4. The Kier molecular flexibility index (Phi) is 10.2. The van der Waals surface area contributed by atoms with Crippen LogP contribution in [0.4, 0.5) is 0 Å². The molecule has 0 saturated heterocycles. The van der Waals surface area contributed by atoms with Gasteiger partial charge in [-0.05, 0) is 51.8 Å². The maximum atomic E-state index is 12.8. The predicted octanol–water partition coefficient (Wildman–Crippen LogP) is 5.92. The van der Waals surface area contributed by atoms with Gasteiger partial charge in [-0.25, -0.2) is 5.43 Å². The zero-order valence-electron chi connectivity index (χ0n) is 22.2. The predicted molar refractivity (Wildman–Crippen MR) is 160 cm³/mol. The number of benzene rings is 4. The third-order valence-electron chi connectivity index (χ3n) is 6.13. The summed E-state index contributed by atoms with van der Waals surface area (Å²) in [6.45, 7) is 0.194. The van der Waals surface area contributed by atoms with Gasteiger partial charge in [-0.2, -0.15) is 10.4 Å². The highest BCUT2D eigenvalue weighted by molar-refractivity contribution is 9.10. The van der Waals surface area contributed by atoms with Gasteiger partial charge in [0.05, 0.1) is 37.4 Å². The molecule has 9 heteroatoms. The number of halogens is 1. The van der Waals surface area contributed by atoms with Crippen molar-refractivity contribution in [2.75, 3.05) is 7.11 Å². The molecule has 4 rings (SSSR count). The number of nitriles is 1. The minimum Gasteiger partial charge on any atom is -0.493 e. The maximum absolute atomic E-state index is 12.8. The van der Waals surface area contributed by atoms with Crippen LogP contribution in [0.15, 0.2) is 107 Å². The molecule has 206 valence electrons. The van der Waals surface area contributed by atoms with Gasteiger partial charge in [-0.3, -0.25) is 9.59 Å². The fourth-order valence-corrected chi connectivity index (χ4v) is 4.43. The van der Waals surface area contributed by atoms with Crippen molar-refractivity contribution in [1.82, 2.24) is 10.7 Å². The average molecular weight is 611 g/mol. The van der Waals surface area contributed by atoms with Crippen LogP contribution in [0, 0.1) is 11.3 Å². The summed E-state index contributed by atoms with van der Waals surface area (Å²) < 4.78 is 12.1. The van der Waals surface area contributed by atoms with Crippen molar-refractivity contribution in [3.63, 3.8) is 0 Å². The second-order valence-electron chi connectivity index (χ2n) is 8.88. The summed E-state index contributed by atoms with van der Waals surface area (Å²) in [5.74, 6) is 0.296. The van der Waals surface area contributed by atoms with E-state index >= 15 is 0 Å². The summed E-state index contributed by atoms with van der Waals surface area (Å²) in [6.07, 6.45) is 1.47. The Hall–Kier alpha value is -4.94. The molecule has 0 spiro atoms. The van der Waals surface area contributed by atoms with Gasteiger partial charge < -0.3 is 14.8 Å². The summed E-state index contributed by atoms with van der Waals surface area (Å²) in [5.41, 5.74) is 5.79. The van der Waals surface area contributed by atoms with Gasteiger partial charge in [-0.15, -0.1) is 0 Å². The molecule has 0 aromatic heterocycles. The Bertz CT molecular complexity index is 1570. The molecule has 8 nitrogen and oxygen atoms in total. The van der Waals surface area contributed by atoms with Crippen LogP contribution in [0.1, 0.15) is 45.1 Å². The molecule has 2 N–H and O–H groups in total. The molecule has 4 aromatic carbocycles. The molecule has 2 amide bonds. The van der Waals surface area contributed by atoms with Gasteiger partial charge >= 0.3 is 0 Å². The summed E-state index contributed by atoms with van der Waals surface area (Å²) in [5, 5.41) is 16.4. The number of amides is 2. The molecule has 0 radical (unpaired) electrons. The van der Waals surface area contributed by atoms with Crippen molar-refractivity contribution in [1.29, 1.82) is 5.26 Å². The van der Waals surface area contributed by atoms with E-state index in [9.17, 15) is 14.9 Å². The standard InChI is InChI=1S/C32H27BrN4O4/c1-40-29-16-26(27(33)17-30(29)41-21-25-15-9-8-14-24(25)19-34)20-35-37-31(38)18-28(22-10-4-2-5-11-22)36-32(39)23-12-6-3-7-13-23/h2-17,20,28H,18,21H2,1H3,(H,36,39)(H,37,38)/b35-20-/t28-/m0/s1. The van der Waals surface area contributed by atoms with Crippen molar-refractivity contribution in [3.8, 4) is 17.6 Å². The van der Waals surface area contributed by atoms with Crippen molar-refractivity contribution in [2.45, 2.75) is 19.1 Å². The highest BCUT2D eigenvalue weighted by atomic mass is 79.9. The number of hydrogen-bond donors (Lipinski definition) is 2. The lowest BCUT2D eigenvalue weighted by molar-refractivity contribution is -0.121. The third kappa shape index (κ3) is 8.03. The summed E-state index contributed by atoms with van der Waals surface area (Å²) in [4.78, 5) is 25.6. The van der Waals surface area contributed by atoms with Crippen molar-refractivity contribution < 1.29 is 19.1 Å². The lowest BCUT2D eigenvalue weighted by Crippen LogP contribution is -2.32. The normalized spacial score (nSPS) is 11.3. The highest BCUT2D eigenvalue weighted by Gasteiger charge is 2.19. The van der Waals surface area contributed by atoms with E-state index in [1.165, 1.54) is 13.3 Å². The molecule has 1 atom stereocenters. The lowest BCUT2D eigenvalue weighted by Gasteiger charge is -2.18. The van der Waals surface area contributed by atoms with E-state index in [4.69, 9.17) is 9.47 Å². The van der Waals surface area contributed by atoms with Gasteiger partial charge in [0.1, 0.15) is 6.61 Å². The topological polar surface area (TPSA) is 113 Å². The van der Waals surface area contributed by atoms with Crippen LogP contribution in [0.25, 0.3) is 0 Å². The Balaban J connectivity index is 1.41. The van der Waals surface area contributed by atoms with Crippen LogP contribution in [0.3, 0.4) is 0 Å². The van der Waals surface area contributed by atoms with Crippen molar-refractivity contribution >= 4 is 34.0 Å². The third-order valence-corrected chi connectivity index (χ3v) is 6.82. The number of nitrogens with one attached hydrogen (secondary N) is 2. The quantitative estimate of drug-likeness (QED) is 0.162. The first-order valence-corrected chi connectivity index (χ1v) is 13.5. The smallest absolute Gasteiger partial charge is 0.251 e.